The molecule has 6 heteroatoms. The minimum Gasteiger partial charge on any atom is -0.488 e. The second kappa shape index (κ2) is 11.6. The van der Waals surface area contributed by atoms with Crippen molar-refractivity contribution in [2.24, 2.45) is 0 Å². The Kier molecular flexibility index (Phi) is 8.28. The van der Waals surface area contributed by atoms with Gasteiger partial charge in [0.15, 0.2) is 0 Å². The van der Waals surface area contributed by atoms with E-state index < -0.39 is 11.6 Å². The van der Waals surface area contributed by atoms with Gasteiger partial charge in [0, 0.05) is 3.57 Å². The summed E-state index contributed by atoms with van der Waals surface area (Å²) in [6, 6.07) is 30.3. The molecule has 0 atom stereocenters. The fraction of sp³-hybridized carbons (Fsp3) is 0.161. The number of hydrogen-bond donors (Lipinski definition) is 1. The smallest absolute Gasteiger partial charge is 0.340 e. The van der Waals surface area contributed by atoms with E-state index >= 15 is 0 Å². The molecule has 37 heavy (non-hydrogen) atoms. The number of benzene rings is 4. The van der Waals surface area contributed by atoms with Gasteiger partial charge in [-0.05, 0) is 90.4 Å². The van der Waals surface area contributed by atoms with Crippen LogP contribution in [0.3, 0.4) is 0 Å². The summed E-state index contributed by atoms with van der Waals surface area (Å²) in [4.78, 5) is 26.6. The van der Waals surface area contributed by atoms with Crippen molar-refractivity contribution in [3.8, 4) is 16.9 Å². The number of carbonyl (C=O) groups is 2. The summed E-state index contributed by atoms with van der Waals surface area (Å²) in [6.45, 7) is 5.76. The molecule has 0 aliphatic rings. The highest BCUT2D eigenvalue weighted by molar-refractivity contribution is 14.1. The number of esters is 1. The quantitative estimate of drug-likeness (QED) is 0.173. The van der Waals surface area contributed by atoms with E-state index in [4.69, 9.17) is 9.47 Å². The number of carbonyl (C=O) groups excluding carboxylic acids is 2. The lowest BCUT2D eigenvalue weighted by Gasteiger charge is -2.21. The van der Waals surface area contributed by atoms with Gasteiger partial charge in [-0.1, -0.05) is 66.7 Å². The Bertz CT molecular complexity index is 1400. The summed E-state index contributed by atoms with van der Waals surface area (Å²) in [7, 11) is 0. The van der Waals surface area contributed by atoms with E-state index in [2.05, 4.69) is 27.9 Å². The molecule has 5 nitrogen and oxygen atoms in total. The average Bonchev–Trinajstić information content (AvgIpc) is 2.88. The van der Waals surface area contributed by atoms with Crippen LogP contribution in [0, 0.1) is 3.57 Å². The van der Waals surface area contributed by atoms with Gasteiger partial charge in [-0.2, -0.15) is 0 Å². The molecule has 1 N–H and O–H groups in total. The first-order chi connectivity index (χ1) is 17.7. The normalized spacial score (nSPS) is 11.0. The molecular weight excluding hydrogens is 577 g/mol. The van der Waals surface area contributed by atoms with Crippen LogP contribution in [0.25, 0.3) is 11.1 Å². The average molecular weight is 605 g/mol. The molecule has 4 rings (SSSR count). The number of hydrogen-bond acceptors (Lipinski definition) is 4. The van der Waals surface area contributed by atoms with Gasteiger partial charge in [-0.15, -0.1) is 0 Å². The molecule has 0 heterocycles. The highest BCUT2D eigenvalue weighted by Gasteiger charge is 2.23. The number of halogens is 1. The molecule has 4 aromatic carbocycles. The molecule has 0 aliphatic carbocycles. The van der Waals surface area contributed by atoms with Crippen LogP contribution in [-0.2, 0) is 11.3 Å². The maximum atomic E-state index is 13.6. The van der Waals surface area contributed by atoms with E-state index in [0.717, 1.165) is 20.3 Å². The van der Waals surface area contributed by atoms with Crippen LogP contribution >= 0.6 is 22.6 Å². The predicted molar refractivity (Wildman–Crippen MR) is 155 cm³/mol. The van der Waals surface area contributed by atoms with Crippen molar-refractivity contribution in [1.29, 1.82) is 0 Å². The Labute approximate surface area is 231 Å². The van der Waals surface area contributed by atoms with Gasteiger partial charge in [-0.3, -0.25) is 4.79 Å². The number of rotatable bonds is 7. The second-order valence-corrected chi connectivity index (χ2v) is 10.7. The Morgan fingerprint density at radius 3 is 2.14 bits per heavy atom. The van der Waals surface area contributed by atoms with Gasteiger partial charge in [0.05, 0.1) is 16.8 Å². The fourth-order valence-electron chi connectivity index (χ4n) is 3.70. The molecule has 0 saturated heterocycles. The van der Waals surface area contributed by atoms with Gasteiger partial charge >= 0.3 is 5.97 Å². The van der Waals surface area contributed by atoms with Crippen molar-refractivity contribution >= 4 is 40.2 Å². The zero-order valence-electron chi connectivity index (χ0n) is 21.0. The highest BCUT2D eigenvalue weighted by atomic mass is 127. The molecule has 0 bridgehead atoms. The van der Waals surface area contributed by atoms with Crippen LogP contribution in [0.1, 0.15) is 47.1 Å². The number of anilines is 1. The first-order valence-corrected chi connectivity index (χ1v) is 13.0. The summed E-state index contributed by atoms with van der Waals surface area (Å²) in [6.07, 6.45) is 0. The lowest BCUT2D eigenvalue weighted by Crippen LogP contribution is -2.25. The van der Waals surface area contributed by atoms with Crippen molar-refractivity contribution in [2.45, 2.75) is 33.0 Å². The van der Waals surface area contributed by atoms with Gasteiger partial charge in [-0.25, -0.2) is 4.79 Å². The molecule has 0 unspecified atom stereocenters. The summed E-state index contributed by atoms with van der Waals surface area (Å²) in [5, 5.41) is 2.95. The van der Waals surface area contributed by atoms with Gasteiger partial charge in [0.1, 0.15) is 18.0 Å². The number of nitrogens with one attached hydrogen (secondary N) is 1. The minimum atomic E-state index is -0.676. The van der Waals surface area contributed by atoms with E-state index in [9.17, 15) is 9.59 Å². The molecular formula is C31H28INO4. The standard InChI is InChI=1S/C31H28INO4/c1-31(2,3)37-30(35)25-16-14-23(22-12-8-5-9-13-22)18-27(25)33-29(34)26-19-24(32)15-17-28(26)36-20-21-10-6-4-7-11-21/h4-19H,20H2,1-3H3,(H,33,34). The van der Waals surface area contributed by atoms with Crippen LogP contribution in [0.5, 0.6) is 5.75 Å². The van der Waals surface area contributed by atoms with Crippen molar-refractivity contribution in [2.75, 3.05) is 5.32 Å². The lowest BCUT2D eigenvalue weighted by atomic mass is 10.0. The maximum Gasteiger partial charge on any atom is 0.340 e. The first-order valence-electron chi connectivity index (χ1n) is 11.9. The van der Waals surface area contributed by atoms with Crippen LogP contribution in [-0.4, -0.2) is 17.5 Å². The topological polar surface area (TPSA) is 64.6 Å². The first kappa shape index (κ1) is 26.4. The van der Waals surface area contributed by atoms with Gasteiger partial charge in [0.25, 0.3) is 5.91 Å². The molecule has 4 aromatic rings. The van der Waals surface area contributed by atoms with E-state index in [1.54, 1.807) is 24.3 Å². The molecule has 0 fully saturated rings. The van der Waals surface area contributed by atoms with Crippen LogP contribution < -0.4 is 10.1 Å². The third-order valence-electron chi connectivity index (χ3n) is 5.42. The largest absolute Gasteiger partial charge is 0.488 e. The lowest BCUT2D eigenvalue weighted by molar-refractivity contribution is 0.00708. The van der Waals surface area contributed by atoms with Crippen molar-refractivity contribution < 1.29 is 19.1 Å². The van der Waals surface area contributed by atoms with E-state index in [0.29, 0.717) is 23.6 Å². The summed E-state index contributed by atoms with van der Waals surface area (Å²) in [5.74, 6) is -0.429. The van der Waals surface area contributed by atoms with Crippen molar-refractivity contribution in [1.82, 2.24) is 0 Å². The zero-order chi connectivity index (χ0) is 26.4. The zero-order valence-corrected chi connectivity index (χ0v) is 23.1. The molecule has 0 spiro atoms. The van der Waals surface area contributed by atoms with Crippen molar-refractivity contribution in [3.63, 3.8) is 0 Å². The monoisotopic (exact) mass is 605 g/mol. The summed E-state index contributed by atoms with van der Waals surface area (Å²) in [5.41, 5.74) is 3.18. The Hall–Kier alpha value is -3.65. The van der Waals surface area contributed by atoms with Crippen LogP contribution in [0.15, 0.2) is 97.1 Å². The Morgan fingerprint density at radius 1 is 0.784 bits per heavy atom. The predicted octanol–water partition coefficient (Wildman–Crippen LogP) is 7.74. The Morgan fingerprint density at radius 2 is 1.46 bits per heavy atom. The summed E-state index contributed by atoms with van der Waals surface area (Å²) >= 11 is 2.16. The molecule has 0 radical (unpaired) electrons. The van der Waals surface area contributed by atoms with Gasteiger partial charge in [0.2, 0.25) is 0 Å². The van der Waals surface area contributed by atoms with E-state index in [-0.39, 0.29) is 11.5 Å². The number of amides is 1. The SMILES string of the molecule is CC(C)(C)OC(=O)c1ccc(-c2ccccc2)cc1NC(=O)c1cc(I)ccc1OCc1ccccc1. The Balaban J connectivity index is 1.67. The minimum absolute atomic E-state index is 0.278. The third-order valence-corrected chi connectivity index (χ3v) is 6.09. The third kappa shape index (κ3) is 7.20. The number of ether oxygens (including phenoxy) is 2. The van der Waals surface area contributed by atoms with Crippen molar-refractivity contribution in [3.05, 3.63) is 117 Å². The van der Waals surface area contributed by atoms with E-state index in [1.165, 1.54) is 0 Å². The van der Waals surface area contributed by atoms with Crippen LogP contribution in [0.2, 0.25) is 0 Å². The van der Waals surface area contributed by atoms with Crippen LogP contribution in [0.4, 0.5) is 5.69 Å². The maximum absolute atomic E-state index is 13.6. The second-order valence-electron chi connectivity index (χ2n) is 9.50. The fourth-order valence-corrected chi connectivity index (χ4v) is 4.19. The highest BCUT2D eigenvalue weighted by Crippen LogP contribution is 2.29. The molecule has 0 aromatic heterocycles. The van der Waals surface area contributed by atoms with Gasteiger partial charge < -0.3 is 14.8 Å². The molecule has 188 valence electrons. The molecule has 0 aliphatic heterocycles. The molecule has 0 saturated carbocycles. The van der Waals surface area contributed by atoms with E-state index in [1.807, 2.05) is 93.6 Å². The summed E-state index contributed by atoms with van der Waals surface area (Å²) < 4.78 is 12.5. The molecule has 1 amide bonds.